The van der Waals surface area contributed by atoms with E-state index in [0.29, 0.717) is 0 Å². The van der Waals surface area contributed by atoms with E-state index in [1.165, 1.54) is 19.6 Å². The van der Waals surface area contributed by atoms with E-state index in [1.807, 2.05) is 0 Å². The molecule has 0 saturated heterocycles. The van der Waals surface area contributed by atoms with Gasteiger partial charge >= 0.3 is 61.1 Å². The van der Waals surface area contributed by atoms with Crippen molar-refractivity contribution in [3.8, 4) is 0 Å². The summed E-state index contributed by atoms with van der Waals surface area (Å²) in [4.78, 5) is 0. The standard InChI is InChI=1S/2Sb.Se2.4H/c;;1-2;;;;/q2*+1;-2;;;;. The first-order chi connectivity index (χ1) is 1.91. The fourth-order valence-electron chi connectivity index (χ4n) is 0. The summed E-state index contributed by atoms with van der Waals surface area (Å²) in [7, 11) is 2.33. The van der Waals surface area contributed by atoms with Crippen LogP contribution in [0.25, 0.3) is 0 Å². The van der Waals surface area contributed by atoms with Crippen LogP contribution < -0.4 is 0 Å². The molecule has 0 radical (unpaired) electrons. The van der Waals surface area contributed by atoms with Crippen LogP contribution in [-0.2, 0) is 0 Å². The molecule has 0 amide bonds. The zero-order chi connectivity index (χ0) is 3.41. The Balaban J connectivity index is 1.97. The summed E-state index contributed by atoms with van der Waals surface area (Å²) in [6.07, 6.45) is 0. The molecule has 26 valence electrons. The van der Waals surface area contributed by atoms with E-state index in [1.54, 1.807) is 41.5 Å². The van der Waals surface area contributed by atoms with Crippen molar-refractivity contribution >= 4 is 61.1 Å². The van der Waals surface area contributed by atoms with Crippen LogP contribution in [0.2, 0.25) is 0 Å². The molecule has 0 fully saturated rings. The Hall–Kier alpha value is 2.68. The van der Waals surface area contributed by atoms with E-state index in [0.717, 1.165) is 0 Å². The molecule has 0 bridgehead atoms. The molecule has 0 aromatic carbocycles. The van der Waals surface area contributed by atoms with Crippen LogP contribution >= 0.6 is 0 Å². The molecule has 0 aromatic rings. The van der Waals surface area contributed by atoms with Crippen molar-refractivity contribution in [1.29, 1.82) is 0 Å². The summed E-state index contributed by atoms with van der Waals surface area (Å²) in [5.41, 5.74) is 0. The minimum absolute atomic E-state index is 1.17. The summed E-state index contributed by atoms with van der Waals surface area (Å²) >= 11 is 3.13. The summed E-state index contributed by atoms with van der Waals surface area (Å²) in [6, 6.07) is 0. The van der Waals surface area contributed by atoms with Gasteiger partial charge in [-0.2, -0.15) is 0 Å². The third-order valence-corrected chi connectivity index (χ3v) is 67.5. The molecular formula is H4Sb2Se2. The SMILES string of the molecule is [SbH2][Se][Se][SbH2]. The quantitative estimate of drug-likeness (QED) is 0.420. The molecule has 4 heteroatoms. The summed E-state index contributed by atoms with van der Waals surface area (Å²) in [6.45, 7) is 0. The van der Waals surface area contributed by atoms with Crippen molar-refractivity contribution in [2.45, 2.75) is 0 Å². The Bertz CT molecular complexity index is 6.00. The first-order valence-electron chi connectivity index (χ1n) is 0.638. The van der Waals surface area contributed by atoms with Crippen molar-refractivity contribution in [3.63, 3.8) is 0 Å². The second-order valence-corrected chi connectivity index (χ2v) is 34.9. The molecule has 0 nitrogen and oxygen atoms in total. The van der Waals surface area contributed by atoms with Crippen LogP contribution in [0.3, 0.4) is 0 Å². The Morgan fingerprint density at radius 2 is 1.25 bits per heavy atom. The van der Waals surface area contributed by atoms with Crippen LogP contribution in [0.4, 0.5) is 0 Å². The van der Waals surface area contributed by atoms with Gasteiger partial charge in [0.25, 0.3) is 0 Å². The van der Waals surface area contributed by atoms with Crippen molar-refractivity contribution in [3.05, 3.63) is 0 Å². The molecule has 0 aromatic heterocycles. The van der Waals surface area contributed by atoms with Crippen molar-refractivity contribution in [2.24, 2.45) is 0 Å². The molecule has 0 rings (SSSR count). The van der Waals surface area contributed by atoms with Gasteiger partial charge in [0.2, 0.25) is 0 Å². The summed E-state index contributed by atoms with van der Waals surface area (Å²) in [5, 5.41) is 0. The fraction of sp³-hybridized carbons (Fsp3) is 0. The van der Waals surface area contributed by atoms with Gasteiger partial charge in [0.05, 0.1) is 0 Å². The average molecular weight is 405 g/mol. The third-order valence-electron chi connectivity index (χ3n) is 0.0556. The zero-order valence-corrected chi connectivity index (χ0v) is 12.0. The second-order valence-electron chi connectivity index (χ2n) is 0.192. The molecule has 4 heavy (non-hydrogen) atoms. The van der Waals surface area contributed by atoms with Gasteiger partial charge < -0.3 is 0 Å². The minimum atomic E-state index is 1.17. The molecule has 0 aliphatic rings. The van der Waals surface area contributed by atoms with Gasteiger partial charge in [-0.25, -0.2) is 0 Å². The van der Waals surface area contributed by atoms with Gasteiger partial charge in [-0.15, -0.1) is 0 Å². The molecule has 0 aliphatic heterocycles. The predicted octanol–water partition coefficient (Wildman–Crippen LogP) is -2.59. The molecule has 0 unspecified atom stereocenters. The fourth-order valence-corrected chi connectivity index (χ4v) is 0. The van der Waals surface area contributed by atoms with Crippen molar-refractivity contribution in [2.75, 3.05) is 0 Å². The van der Waals surface area contributed by atoms with Crippen LogP contribution in [-0.4, -0.2) is 61.1 Å². The van der Waals surface area contributed by atoms with Gasteiger partial charge in [-0.3, -0.25) is 0 Å². The number of rotatable bonds is 1. The Morgan fingerprint density at radius 1 is 1.00 bits per heavy atom. The van der Waals surface area contributed by atoms with Crippen LogP contribution in [0, 0.1) is 0 Å². The van der Waals surface area contributed by atoms with Gasteiger partial charge in [0.15, 0.2) is 0 Å². The average Bonchev–Trinajstić information content (AvgIpc) is 1.37. The molecular weight excluding hydrogens is 401 g/mol. The van der Waals surface area contributed by atoms with Crippen LogP contribution in [0.15, 0.2) is 0 Å². The molecule has 0 heterocycles. The Labute approximate surface area is 59.8 Å². The predicted molar refractivity (Wildman–Crippen MR) is 28.6 cm³/mol. The van der Waals surface area contributed by atoms with Gasteiger partial charge in [0.1, 0.15) is 0 Å². The molecule has 0 atom stereocenters. The van der Waals surface area contributed by atoms with Gasteiger partial charge in [-0.1, -0.05) is 0 Å². The third kappa shape index (κ3) is 4.68. The number of hydrogen-bond acceptors (Lipinski definition) is 0. The molecule has 0 N–H and O–H groups in total. The van der Waals surface area contributed by atoms with Crippen LogP contribution in [0.5, 0.6) is 0 Å². The van der Waals surface area contributed by atoms with E-state index in [2.05, 4.69) is 0 Å². The van der Waals surface area contributed by atoms with Crippen LogP contribution in [0.1, 0.15) is 0 Å². The van der Waals surface area contributed by atoms with Gasteiger partial charge in [-0.05, 0) is 0 Å². The van der Waals surface area contributed by atoms with E-state index < -0.39 is 0 Å². The van der Waals surface area contributed by atoms with Crippen molar-refractivity contribution in [1.82, 2.24) is 0 Å². The van der Waals surface area contributed by atoms with E-state index in [-0.39, 0.29) is 0 Å². The molecule has 0 saturated carbocycles. The summed E-state index contributed by atoms with van der Waals surface area (Å²) in [5.74, 6) is 0. The first kappa shape index (κ1) is 6.68. The molecule has 0 aliphatic carbocycles. The van der Waals surface area contributed by atoms with Crippen molar-refractivity contribution < 1.29 is 0 Å². The van der Waals surface area contributed by atoms with E-state index >= 15 is 0 Å². The maximum absolute atomic E-state index is 1.56. The topological polar surface area (TPSA) is 0 Å². The summed E-state index contributed by atoms with van der Waals surface area (Å²) < 4.78 is 0. The van der Waals surface area contributed by atoms with E-state index in [9.17, 15) is 0 Å². The zero-order valence-electron chi connectivity index (χ0n) is 1.97. The van der Waals surface area contributed by atoms with Gasteiger partial charge in [0, 0.05) is 0 Å². The Morgan fingerprint density at radius 3 is 1.25 bits per heavy atom. The Kier molecular flexibility index (Phi) is 9.47. The second kappa shape index (κ2) is 5.68. The maximum atomic E-state index is 1.56. The van der Waals surface area contributed by atoms with E-state index in [4.69, 9.17) is 0 Å². The number of hydrogen-bond donors (Lipinski definition) is 0. The normalized spacial score (nSPS) is 7.50. The molecule has 0 spiro atoms. The monoisotopic (exact) mass is 406 g/mol. The first-order valence-corrected chi connectivity index (χ1v) is 20.9.